The van der Waals surface area contributed by atoms with E-state index in [9.17, 15) is 8.42 Å². The third kappa shape index (κ3) is 2.77. The third-order valence-corrected chi connectivity index (χ3v) is 6.40. The second-order valence-corrected chi connectivity index (χ2v) is 7.81. The van der Waals surface area contributed by atoms with Crippen LogP contribution in [0.4, 0.5) is 11.5 Å². The van der Waals surface area contributed by atoms with E-state index in [1.54, 1.807) is 25.2 Å². The molecule has 2 aromatic heterocycles. The minimum Gasteiger partial charge on any atom is -0.373 e. The Morgan fingerprint density at radius 3 is 2.64 bits per heavy atom. The molecule has 0 aliphatic rings. The number of thiophene rings is 1. The molecule has 114 valence electrons. The molecule has 0 saturated heterocycles. The van der Waals surface area contributed by atoms with Gasteiger partial charge < -0.3 is 5.32 Å². The highest BCUT2D eigenvalue weighted by atomic mass is 32.2. The average molecular weight is 333 g/mol. The molecule has 0 bridgehead atoms. The number of hydrogen-bond acceptors (Lipinski definition) is 5. The number of anilines is 2. The van der Waals surface area contributed by atoms with Crippen molar-refractivity contribution >= 4 is 43.0 Å². The van der Waals surface area contributed by atoms with Gasteiger partial charge in [0, 0.05) is 11.7 Å². The first-order chi connectivity index (χ1) is 10.5. The molecule has 0 atom stereocenters. The van der Waals surface area contributed by atoms with E-state index < -0.39 is 10.0 Å². The number of fused-ring (bicyclic) bond motifs is 1. The molecule has 0 spiro atoms. The second-order valence-electron chi connectivity index (χ2n) is 4.85. The first kappa shape index (κ1) is 14.8. The van der Waals surface area contributed by atoms with Gasteiger partial charge in [0.25, 0.3) is 10.0 Å². The molecule has 0 aliphatic heterocycles. The van der Waals surface area contributed by atoms with Gasteiger partial charge in [-0.1, -0.05) is 18.2 Å². The molecule has 1 aromatic carbocycles. The minimum atomic E-state index is -3.60. The number of aromatic nitrogens is 1. The van der Waals surface area contributed by atoms with Crippen LogP contribution in [-0.2, 0) is 10.0 Å². The van der Waals surface area contributed by atoms with Crippen LogP contribution in [0.1, 0.15) is 5.56 Å². The number of rotatable bonds is 4. The summed E-state index contributed by atoms with van der Waals surface area (Å²) >= 11 is 1.27. The van der Waals surface area contributed by atoms with Crippen LogP contribution in [0, 0.1) is 6.92 Å². The first-order valence-electron chi connectivity index (χ1n) is 6.65. The molecule has 0 aliphatic carbocycles. The Labute approximate surface area is 133 Å². The van der Waals surface area contributed by atoms with Crippen LogP contribution in [0.5, 0.6) is 0 Å². The molecule has 2 heterocycles. The van der Waals surface area contributed by atoms with Crippen molar-refractivity contribution in [3.05, 3.63) is 48.2 Å². The number of sulfonamides is 1. The normalized spacial score (nSPS) is 11.5. The largest absolute Gasteiger partial charge is 0.373 e. The molecule has 3 rings (SSSR count). The van der Waals surface area contributed by atoms with E-state index in [2.05, 4.69) is 15.0 Å². The van der Waals surface area contributed by atoms with E-state index in [-0.39, 0.29) is 0 Å². The predicted molar refractivity (Wildman–Crippen MR) is 91.2 cm³/mol. The molecule has 0 unspecified atom stereocenters. The van der Waals surface area contributed by atoms with Crippen LogP contribution in [0.2, 0.25) is 0 Å². The zero-order chi connectivity index (χ0) is 15.7. The maximum absolute atomic E-state index is 12.5. The van der Waals surface area contributed by atoms with Crippen LogP contribution < -0.4 is 10.0 Å². The summed E-state index contributed by atoms with van der Waals surface area (Å²) in [6.07, 6.45) is 1.49. The molecule has 0 saturated carbocycles. The fourth-order valence-corrected chi connectivity index (χ4v) is 4.61. The molecule has 3 aromatic rings. The third-order valence-electron chi connectivity index (χ3n) is 3.26. The van der Waals surface area contributed by atoms with Crippen molar-refractivity contribution in [1.82, 2.24) is 4.98 Å². The molecular formula is C15H15N3O2S2. The monoisotopic (exact) mass is 333 g/mol. The molecule has 22 heavy (non-hydrogen) atoms. The summed E-state index contributed by atoms with van der Waals surface area (Å²) in [5, 5.41) is 3.83. The summed E-state index contributed by atoms with van der Waals surface area (Å²) in [6.45, 7) is 1.98. The van der Waals surface area contributed by atoms with Gasteiger partial charge in [0.05, 0.1) is 11.9 Å². The number of benzene rings is 1. The van der Waals surface area contributed by atoms with E-state index in [0.29, 0.717) is 15.7 Å². The Morgan fingerprint density at radius 1 is 1.18 bits per heavy atom. The van der Waals surface area contributed by atoms with Crippen molar-refractivity contribution in [3.8, 4) is 0 Å². The highest BCUT2D eigenvalue weighted by Gasteiger charge is 2.18. The molecule has 2 N–H and O–H groups in total. The number of nitrogens with zero attached hydrogens (tertiary/aromatic N) is 1. The molecule has 5 nitrogen and oxygen atoms in total. The predicted octanol–water partition coefficient (Wildman–Crippen LogP) is 3.45. The van der Waals surface area contributed by atoms with Crippen molar-refractivity contribution in [2.75, 3.05) is 17.1 Å². The summed E-state index contributed by atoms with van der Waals surface area (Å²) < 4.78 is 28.8. The first-order valence-corrected chi connectivity index (χ1v) is 8.95. The number of aryl methyl sites for hydroxylation is 1. The van der Waals surface area contributed by atoms with Gasteiger partial charge in [-0.2, -0.15) is 0 Å². The van der Waals surface area contributed by atoms with E-state index in [4.69, 9.17) is 0 Å². The van der Waals surface area contributed by atoms with Crippen LogP contribution in [0.25, 0.3) is 10.1 Å². The highest BCUT2D eigenvalue weighted by Crippen LogP contribution is 2.32. The number of nitrogens with one attached hydrogen (secondary N) is 2. The molecule has 0 fully saturated rings. The maximum atomic E-state index is 12.5. The lowest BCUT2D eigenvalue weighted by atomic mass is 10.2. The topological polar surface area (TPSA) is 71.1 Å². The summed E-state index contributed by atoms with van der Waals surface area (Å²) in [4.78, 5) is 4.10. The standard InChI is InChI=1S/C15H15N3O2S2/c1-10-4-3-5-11-8-14(21-15(10)11)22(19,20)18-12-6-7-13(16-2)17-9-12/h3-9,18H,1-2H3,(H,16,17). The summed E-state index contributed by atoms with van der Waals surface area (Å²) in [5.74, 6) is 0.681. The van der Waals surface area contributed by atoms with Crippen molar-refractivity contribution in [2.24, 2.45) is 0 Å². The van der Waals surface area contributed by atoms with Gasteiger partial charge in [-0.15, -0.1) is 11.3 Å². The average Bonchev–Trinajstić information content (AvgIpc) is 2.94. The zero-order valence-corrected chi connectivity index (χ0v) is 13.8. The smallest absolute Gasteiger partial charge is 0.271 e. The lowest BCUT2D eigenvalue weighted by Crippen LogP contribution is -2.11. The van der Waals surface area contributed by atoms with E-state index in [1.165, 1.54) is 17.5 Å². The molecule has 0 amide bonds. The molecular weight excluding hydrogens is 318 g/mol. The lowest BCUT2D eigenvalue weighted by Gasteiger charge is -2.06. The SMILES string of the molecule is CNc1ccc(NS(=O)(=O)c2cc3cccc(C)c3s2)cn1. The Kier molecular flexibility index (Phi) is 3.76. The van der Waals surface area contributed by atoms with Gasteiger partial charge in [-0.3, -0.25) is 4.72 Å². The van der Waals surface area contributed by atoms with Gasteiger partial charge in [-0.25, -0.2) is 13.4 Å². The second kappa shape index (κ2) is 5.58. The maximum Gasteiger partial charge on any atom is 0.271 e. The van der Waals surface area contributed by atoms with E-state index in [0.717, 1.165) is 15.6 Å². The number of hydrogen-bond donors (Lipinski definition) is 2. The highest BCUT2D eigenvalue weighted by molar-refractivity contribution is 7.94. The summed E-state index contributed by atoms with van der Waals surface area (Å²) in [6, 6.07) is 10.9. The lowest BCUT2D eigenvalue weighted by molar-refractivity contribution is 0.603. The molecule has 0 radical (unpaired) electrons. The number of pyridine rings is 1. The minimum absolute atomic E-state index is 0.300. The summed E-state index contributed by atoms with van der Waals surface area (Å²) in [7, 11) is -1.85. The van der Waals surface area contributed by atoms with Gasteiger partial charge in [0.2, 0.25) is 0 Å². The van der Waals surface area contributed by atoms with Crippen molar-refractivity contribution in [1.29, 1.82) is 0 Å². The van der Waals surface area contributed by atoms with Crippen molar-refractivity contribution in [2.45, 2.75) is 11.1 Å². The quantitative estimate of drug-likeness (QED) is 0.767. The Hall–Kier alpha value is -2.12. The van der Waals surface area contributed by atoms with E-state index >= 15 is 0 Å². The van der Waals surface area contributed by atoms with Crippen molar-refractivity contribution in [3.63, 3.8) is 0 Å². The van der Waals surface area contributed by atoms with Crippen LogP contribution in [-0.4, -0.2) is 20.4 Å². The Bertz CT molecular complexity index is 916. The van der Waals surface area contributed by atoms with Gasteiger partial charge >= 0.3 is 0 Å². The molecule has 7 heteroatoms. The Balaban J connectivity index is 1.95. The van der Waals surface area contributed by atoms with E-state index in [1.807, 2.05) is 25.1 Å². The van der Waals surface area contributed by atoms with Gasteiger partial charge in [0.1, 0.15) is 10.0 Å². The van der Waals surface area contributed by atoms with Gasteiger partial charge in [-0.05, 0) is 36.1 Å². The van der Waals surface area contributed by atoms with Crippen LogP contribution in [0.3, 0.4) is 0 Å². The Morgan fingerprint density at radius 2 is 2.00 bits per heavy atom. The summed E-state index contributed by atoms with van der Waals surface area (Å²) in [5.41, 5.74) is 1.51. The van der Waals surface area contributed by atoms with Crippen LogP contribution >= 0.6 is 11.3 Å². The van der Waals surface area contributed by atoms with Crippen LogP contribution in [0.15, 0.2) is 46.8 Å². The zero-order valence-electron chi connectivity index (χ0n) is 12.1. The fourth-order valence-electron chi connectivity index (χ4n) is 2.13. The van der Waals surface area contributed by atoms with Crippen molar-refractivity contribution < 1.29 is 8.42 Å². The van der Waals surface area contributed by atoms with Gasteiger partial charge in [0.15, 0.2) is 0 Å². The fraction of sp³-hybridized carbons (Fsp3) is 0.133.